The third-order valence-electron chi connectivity index (χ3n) is 2.63. The van der Waals surface area contributed by atoms with E-state index in [-0.39, 0.29) is 6.42 Å². The maximum atomic E-state index is 11.0. The molecule has 1 N–H and O–H groups in total. The summed E-state index contributed by atoms with van der Waals surface area (Å²) in [5.41, 5.74) is -0.432. The number of carboxylic acid groups (broad SMARTS) is 1. The summed E-state index contributed by atoms with van der Waals surface area (Å²) in [6, 6.07) is -0.831. The van der Waals surface area contributed by atoms with Crippen molar-refractivity contribution in [3.8, 4) is 0 Å². The van der Waals surface area contributed by atoms with Crippen molar-refractivity contribution in [2.24, 2.45) is 10.4 Å². The summed E-state index contributed by atoms with van der Waals surface area (Å²) >= 11 is 0. The molecule has 16 heavy (non-hydrogen) atoms. The zero-order chi connectivity index (χ0) is 12.8. The number of esters is 1. The Labute approximate surface area is 95.5 Å². The predicted molar refractivity (Wildman–Crippen MR) is 60.6 cm³/mol. The van der Waals surface area contributed by atoms with Crippen LogP contribution in [-0.2, 0) is 14.3 Å². The minimum atomic E-state index is -0.979. The van der Waals surface area contributed by atoms with Gasteiger partial charge in [-0.25, -0.2) is 4.79 Å². The first-order chi connectivity index (χ1) is 7.35. The number of hydrogen-bond donors (Lipinski definition) is 1. The lowest BCUT2D eigenvalue weighted by Gasteiger charge is -2.26. The first-order valence-corrected chi connectivity index (χ1v) is 5.16. The molecular formula is C11H19NO4. The summed E-state index contributed by atoms with van der Waals surface area (Å²) in [4.78, 5) is 25.8. The normalized spacial score (nSPS) is 13.8. The van der Waals surface area contributed by atoms with Crippen molar-refractivity contribution in [2.45, 2.75) is 39.7 Å². The van der Waals surface area contributed by atoms with Crippen LogP contribution < -0.4 is 0 Å². The van der Waals surface area contributed by atoms with Gasteiger partial charge in [0, 0.05) is 6.21 Å². The Morgan fingerprint density at radius 3 is 2.44 bits per heavy atom. The summed E-state index contributed by atoms with van der Waals surface area (Å²) in [5.74, 6) is -1.41. The predicted octanol–water partition coefficient (Wildman–Crippen LogP) is 1.51. The maximum absolute atomic E-state index is 11.0. The average molecular weight is 229 g/mol. The minimum absolute atomic E-state index is 0.0000737. The van der Waals surface area contributed by atoms with E-state index in [1.807, 2.05) is 20.8 Å². The Morgan fingerprint density at radius 2 is 2.06 bits per heavy atom. The summed E-state index contributed by atoms with van der Waals surface area (Å²) in [6.07, 6.45) is 2.00. The van der Waals surface area contributed by atoms with Crippen LogP contribution in [0.3, 0.4) is 0 Å². The molecule has 92 valence electrons. The molecule has 5 nitrogen and oxygen atoms in total. The lowest BCUT2D eigenvalue weighted by atomic mass is 9.82. The second kappa shape index (κ2) is 6.25. The van der Waals surface area contributed by atoms with Crippen molar-refractivity contribution in [1.82, 2.24) is 0 Å². The van der Waals surface area contributed by atoms with Gasteiger partial charge < -0.3 is 9.84 Å². The van der Waals surface area contributed by atoms with Gasteiger partial charge in [-0.15, -0.1) is 0 Å². The molecule has 0 aromatic heterocycles. The fourth-order valence-corrected chi connectivity index (χ4v) is 1.11. The van der Waals surface area contributed by atoms with E-state index >= 15 is 0 Å². The number of nitrogens with zero attached hydrogens (tertiary/aromatic N) is 1. The van der Waals surface area contributed by atoms with Gasteiger partial charge in [-0.05, 0) is 11.8 Å². The maximum Gasteiger partial charge on any atom is 0.328 e. The second-order valence-corrected chi connectivity index (χ2v) is 4.19. The molecule has 0 aliphatic rings. The number of carboxylic acids is 1. The van der Waals surface area contributed by atoms with Crippen LogP contribution in [0.15, 0.2) is 4.99 Å². The zero-order valence-electron chi connectivity index (χ0n) is 10.2. The van der Waals surface area contributed by atoms with Gasteiger partial charge in [0.25, 0.3) is 0 Å². The number of hydrogen-bond acceptors (Lipinski definition) is 4. The van der Waals surface area contributed by atoms with Gasteiger partial charge in [-0.3, -0.25) is 9.79 Å². The zero-order valence-corrected chi connectivity index (χ0v) is 10.2. The summed E-state index contributed by atoms with van der Waals surface area (Å²) in [7, 11) is 1.28. The second-order valence-electron chi connectivity index (χ2n) is 4.19. The van der Waals surface area contributed by atoms with Crippen molar-refractivity contribution in [1.29, 1.82) is 0 Å². The van der Waals surface area contributed by atoms with Gasteiger partial charge in [0.05, 0.1) is 13.5 Å². The quantitative estimate of drug-likeness (QED) is 0.553. The third-order valence-corrected chi connectivity index (χ3v) is 2.63. The number of aliphatic imine (C=N–C) groups is 1. The van der Waals surface area contributed by atoms with Crippen molar-refractivity contribution in [3.63, 3.8) is 0 Å². The van der Waals surface area contributed by atoms with E-state index in [4.69, 9.17) is 5.11 Å². The Hall–Kier alpha value is -1.39. The van der Waals surface area contributed by atoms with Crippen molar-refractivity contribution in [3.05, 3.63) is 0 Å². The first-order valence-electron chi connectivity index (χ1n) is 5.16. The molecule has 0 aromatic rings. The molecule has 0 unspecified atom stereocenters. The van der Waals surface area contributed by atoms with E-state index in [2.05, 4.69) is 9.73 Å². The van der Waals surface area contributed by atoms with Crippen LogP contribution in [0.5, 0.6) is 0 Å². The van der Waals surface area contributed by atoms with Crippen molar-refractivity contribution in [2.75, 3.05) is 7.11 Å². The molecule has 0 saturated carbocycles. The Bertz CT molecular complexity index is 284. The topological polar surface area (TPSA) is 76.0 Å². The Kier molecular flexibility index (Phi) is 5.71. The molecule has 0 radical (unpaired) electrons. The van der Waals surface area contributed by atoms with Crippen molar-refractivity contribution < 1.29 is 19.4 Å². The number of ether oxygens (including phenoxy) is 1. The van der Waals surface area contributed by atoms with Crippen LogP contribution in [0.2, 0.25) is 0 Å². The summed E-state index contributed by atoms with van der Waals surface area (Å²) in [6.45, 7) is 5.58. The fourth-order valence-electron chi connectivity index (χ4n) is 1.11. The van der Waals surface area contributed by atoms with Gasteiger partial charge in [-0.1, -0.05) is 20.8 Å². The molecule has 0 bridgehead atoms. The summed E-state index contributed by atoms with van der Waals surface area (Å²) in [5, 5.41) is 9.03. The van der Waals surface area contributed by atoms with Gasteiger partial charge in [-0.2, -0.15) is 0 Å². The largest absolute Gasteiger partial charge is 0.480 e. The molecule has 0 amide bonds. The van der Waals surface area contributed by atoms with E-state index in [1.165, 1.54) is 13.3 Å². The number of rotatable bonds is 6. The molecule has 0 rings (SSSR count). The molecule has 0 aliphatic heterocycles. The smallest absolute Gasteiger partial charge is 0.328 e. The van der Waals surface area contributed by atoms with Crippen LogP contribution in [0.25, 0.3) is 0 Å². The monoisotopic (exact) mass is 229 g/mol. The fraction of sp³-hybridized carbons (Fsp3) is 0.727. The molecule has 5 heteroatoms. The van der Waals surface area contributed by atoms with E-state index in [0.29, 0.717) is 6.42 Å². The van der Waals surface area contributed by atoms with Crippen LogP contribution in [0.1, 0.15) is 33.6 Å². The van der Waals surface area contributed by atoms with E-state index in [9.17, 15) is 9.59 Å². The molecule has 0 fully saturated rings. The van der Waals surface area contributed by atoms with Gasteiger partial charge in [0.1, 0.15) is 0 Å². The number of carbonyl (C=O) groups excluding carboxylic acids is 1. The van der Waals surface area contributed by atoms with Gasteiger partial charge >= 0.3 is 11.9 Å². The third kappa shape index (κ3) is 4.42. The molecule has 1 atom stereocenters. The number of aliphatic carboxylic acids is 1. The van der Waals surface area contributed by atoms with E-state index in [1.54, 1.807) is 0 Å². The number of carbonyl (C=O) groups is 2. The first kappa shape index (κ1) is 14.6. The minimum Gasteiger partial charge on any atom is -0.480 e. The molecule has 0 spiro atoms. The van der Waals surface area contributed by atoms with Crippen LogP contribution in [-0.4, -0.2) is 36.4 Å². The Morgan fingerprint density at radius 1 is 1.50 bits per heavy atom. The summed E-state index contributed by atoms with van der Waals surface area (Å²) < 4.78 is 4.43. The molecule has 0 aromatic carbocycles. The highest BCUT2D eigenvalue weighted by atomic mass is 16.5. The molecule has 0 aliphatic carbocycles. The standard InChI is InChI=1S/C11H19NO4/c1-5-11(2,3)9(10(14)15)12-7-6-8(13)16-4/h7,9H,5-6H2,1-4H3,(H,14,15)/t9-/m0/s1. The highest BCUT2D eigenvalue weighted by molar-refractivity contribution is 5.87. The highest BCUT2D eigenvalue weighted by Gasteiger charge is 2.32. The molecule has 0 heterocycles. The number of methoxy groups -OCH3 is 1. The molecular weight excluding hydrogens is 210 g/mol. The highest BCUT2D eigenvalue weighted by Crippen LogP contribution is 2.27. The average Bonchev–Trinajstić information content (AvgIpc) is 2.22. The molecule has 0 saturated heterocycles. The van der Waals surface area contributed by atoms with Gasteiger partial charge in [0.15, 0.2) is 6.04 Å². The lowest BCUT2D eigenvalue weighted by molar-refractivity contribution is -0.141. The Balaban J connectivity index is 4.59. The van der Waals surface area contributed by atoms with Gasteiger partial charge in [0.2, 0.25) is 0 Å². The van der Waals surface area contributed by atoms with Crippen LogP contribution >= 0.6 is 0 Å². The SMILES string of the molecule is CCC(C)(C)[C@@H](N=CCC(=O)OC)C(=O)O. The van der Waals surface area contributed by atoms with Crippen LogP contribution in [0.4, 0.5) is 0 Å². The van der Waals surface area contributed by atoms with E-state index in [0.717, 1.165) is 0 Å². The van der Waals surface area contributed by atoms with Crippen molar-refractivity contribution >= 4 is 18.2 Å². The van der Waals surface area contributed by atoms with E-state index < -0.39 is 23.4 Å². The van der Waals surface area contributed by atoms with Crippen LogP contribution in [0, 0.1) is 5.41 Å². The lowest BCUT2D eigenvalue weighted by Crippen LogP contribution is -2.34.